The van der Waals surface area contributed by atoms with E-state index in [1.165, 1.54) is 17.8 Å². The Labute approximate surface area is 86.0 Å². The molecule has 0 amide bonds. The third-order valence-electron chi connectivity index (χ3n) is 1.54. The Morgan fingerprint density at radius 2 is 2.00 bits per heavy atom. The maximum absolute atomic E-state index is 12.7. The van der Waals surface area contributed by atoms with Crippen LogP contribution in [0.1, 0.15) is 0 Å². The maximum Gasteiger partial charge on any atom is 0.159 e. The maximum atomic E-state index is 12.7. The van der Waals surface area contributed by atoms with Crippen molar-refractivity contribution in [2.24, 2.45) is 5.73 Å². The van der Waals surface area contributed by atoms with Crippen LogP contribution in [0.25, 0.3) is 0 Å². The molecule has 1 aromatic carbocycles. The Balaban J connectivity index is 2.51. The van der Waals surface area contributed by atoms with Gasteiger partial charge in [-0.05, 0) is 18.2 Å². The molecule has 0 aromatic heterocycles. The summed E-state index contributed by atoms with van der Waals surface area (Å²) in [5, 5.41) is 0. The van der Waals surface area contributed by atoms with Gasteiger partial charge in [0, 0.05) is 17.2 Å². The molecule has 0 spiro atoms. The van der Waals surface area contributed by atoms with E-state index in [2.05, 4.69) is 0 Å². The quantitative estimate of drug-likeness (QED) is 0.617. The van der Waals surface area contributed by atoms with E-state index >= 15 is 0 Å². The van der Waals surface area contributed by atoms with Crippen molar-refractivity contribution >= 4 is 11.8 Å². The first kappa shape index (κ1) is 11.2. The zero-order chi connectivity index (χ0) is 10.4. The molecule has 0 unspecified atom stereocenters. The van der Waals surface area contributed by atoms with Gasteiger partial charge in [0.15, 0.2) is 11.6 Å². The second-order valence-electron chi connectivity index (χ2n) is 2.59. The summed E-state index contributed by atoms with van der Waals surface area (Å²) in [5.41, 5.74) is 5.25. The Kier molecular flexibility index (Phi) is 4.62. The Hall–Kier alpha value is -0.870. The third kappa shape index (κ3) is 3.47. The lowest BCUT2D eigenvalue weighted by atomic mass is 10.3. The minimum atomic E-state index is -0.813. The van der Waals surface area contributed by atoms with Gasteiger partial charge in [0.2, 0.25) is 0 Å². The van der Waals surface area contributed by atoms with Gasteiger partial charge in [-0.3, -0.25) is 0 Å². The van der Waals surface area contributed by atoms with Crippen molar-refractivity contribution < 1.29 is 8.78 Å². The normalized spacial score (nSPS) is 11.1. The first-order chi connectivity index (χ1) is 6.74. The minimum Gasteiger partial charge on any atom is -0.327 e. The second kappa shape index (κ2) is 5.78. The first-order valence-electron chi connectivity index (χ1n) is 4.17. The van der Waals surface area contributed by atoms with Gasteiger partial charge in [-0.25, -0.2) is 8.78 Å². The highest BCUT2D eigenvalue weighted by atomic mass is 32.2. The summed E-state index contributed by atoms with van der Waals surface area (Å²) < 4.78 is 25.3. The van der Waals surface area contributed by atoms with Crippen molar-refractivity contribution in [3.8, 4) is 0 Å². The molecule has 0 radical (unpaired) electrons. The van der Waals surface area contributed by atoms with Gasteiger partial charge in [-0.15, -0.1) is 11.8 Å². The largest absolute Gasteiger partial charge is 0.327 e. The molecule has 0 fully saturated rings. The van der Waals surface area contributed by atoms with Gasteiger partial charge in [0.05, 0.1) is 0 Å². The van der Waals surface area contributed by atoms with Crippen LogP contribution in [0.3, 0.4) is 0 Å². The fourth-order valence-electron chi connectivity index (χ4n) is 0.875. The summed E-state index contributed by atoms with van der Waals surface area (Å²) in [6, 6.07) is 3.87. The molecule has 0 atom stereocenters. The summed E-state index contributed by atoms with van der Waals surface area (Å²) in [6.07, 6.45) is 3.72. The van der Waals surface area contributed by atoms with E-state index in [1.54, 1.807) is 6.07 Å². The third-order valence-corrected chi connectivity index (χ3v) is 2.49. The van der Waals surface area contributed by atoms with E-state index in [9.17, 15) is 8.78 Å². The van der Waals surface area contributed by atoms with E-state index in [0.29, 0.717) is 17.2 Å². The van der Waals surface area contributed by atoms with Crippen molar-refractivity contribution in [1.29, 1.82) is 0 Å². The van der Waals surface area contributed by atoms with E-state index in [0.717, 1.165) is 6.07 Å². The Bertz CT molecular complexity index is 326. The molecular formula is C10H11F2NS. The molecule has 0 heterocycles. The molecule has 0 saturated carbocycles. The van der Waals surface area contributed by atoms with Crippen molar-refractivity contribution in [2.75, 3.05) is 12.3 Å². The van der Waals surface area contributed by atoms with Crippen LogP contribution in [0.15, 0.2) is 35.2 Å². The number of hydrogen-bond donors (Lipinski definition) is 1. The molecule has 14 heavy (non-hydrogen) atoms. The van der Waals surface area contributed by atoms with Crippen LogP contribution in [0, 0.1) is 11.6 Å². The topological polar surface area (TPSA) is 26.0 Å². The highest BCUT2D eigenvalue weighted by Gasteiger charge is 2.01. The van der Waals surface area contributed by atoms with E-state index in [4.69, 9.17) is 5.73 Å². The van der Waals surface area contributed by atoms with Gasteiger partial charge in [-0.2, -0.15) is 0 Å². The number of hydrogen-bond acceptors (Lipinski definition) is 2. The molecule has 0 aliphatic heterocycles. The van der Waals surface area contributed by atoms with Gasteiger partial charge in [-0.1, -0.05) is 12.2 Å². The molecule has 1 nitrogen and oxygen atoms in total. The number of rotatable bonds is 4. The summed E-state index contributed by atoms with van der Waals surface area (Å²) in [4.78, 5) is 0.713. The fourth-order valence-corrected chi connectivity index (χ4v) is 1.65. The first-order valence-corrected chi connectivity index (χ1v) is 5.15. The number of nitrogens with two attached hydrogens (primary N) is 1. The van der Waals surface area contributed by atoms with Crippen molar-refractivity contribution in [3.63, 3.8) is 0 Å². The predicted octanol–water partition coefficient (Wildman–Crippen LogP) is 2.57. The predicted molar refractivity (Wildman–Crippen MR) is 55.3 cm³/mol. The summed E-state index contributed by atoms with van der Waals surface area (Å²) >= 11 is 1.43. The summed E-state index contributed by atoms with van der Waals surface area (Å²) in [6.45, 7) is 0.498. The molecule has 0 aliphatic carbocycles. The van der Waals surface area contributed by atoms with Crippen LogP contribution in [0.4, 0.5) is 8.78 Å². The van der Waals surface area contributed by atoms with Crippen LogP contribution >= 0.6 is 11.8 Å². The number of benzene rings is 1. The Morgan fingerprint density at radius 1 is 1.21 bits per heavy atom. The van der Waals surface area contributed by atoms with Crippen LogP contribution in [0.2, 0.25) is 0 Å². The summed E-state index contributed by atoms with van der Waals surface area (Å²) in [5.74, 6) is -0.910. The Morgan fingerprint density at radius 3 is 2.64 bits per heavy atom. The van der Waals surface area contributed by atoms with Crippen LogP contribution in [-0.4, -0.2) is 12.3 Å². The SMILES string of the molecule is NCC=CCSc1ccc(F)c(F)c1. The molecular weight excluding hydrogens is 204 g/mol. The lowest BCUT2D eigenvalue weighted by molar-refractivity contribution is 0.506. The summed E-state index contributed by atoms with van der Waals surface area (Å²) in [7, 11) is 0. The van der Waals surface area contributed by atoms with Crippen LogP contribution in [-0.2, 0) is 0 Å². The smallest absolute Gasteiger partial charge is 0.159 e. The van der Waals surface area contributed by atoms with Gasteiger partial charge in [0.1, 0.15) is 0 Å². The highest BCUT2D eigenvalue weighted by molar-refractivity contribution is 7.99. The fraction of sp³-hybridized carbons (Fsp3) is 0.200. The second-order valence-corrected chi connectivity index (χ2v) is 3.69. The van der Waals surface area contributed by atoms with E-state index < -0.39 is 11.6 Å². The molecule has 1 aromatic rings. The van der Waals surface area contributed by atoms with Crippen LogP contribution in [0.5, 0.6) is 0 Å². The standard InChI is InChI=1S/C10H11F2NS/c11-9-4-3-8(7-10(9)12)14-6-2-1-5-13/h1-4,7H,5-6,13H2. The van der Waals surface area contributed by atoms with Crippen molar-refractivity contribution in [3.05, 3.63) is 42.0 Å². The van der Waals surface area contributed by atoms with Crippen LogP contribution < -0.4 is 5.73 Å². The van der Waals surface area contributed by atoms with E-state index in [-0.39, 0.29) is 0 Å². The lowest BCUT2D eigenvalue weighted by Crippen LogP contribution is -1.92. The molecule has 4 heteroatoms. The molecule has 0 bridgehead atoms. The highest BCUT2D eigenvalue weighted by Crippen LogP contribution is 2.20. The zero-order valence-electron chi connectivity index (χ0n) is 7.54. The zero-order valence-corrected chi connectivity index (χ0v) is 8.36. The minimum absolute atomic E-state index is 0.498. The number of thioether (sulfide) groups is 1. The average molecular weight is 215 g/mol. The molecule has 0 saturated heterocycles. The number of halogens is 2. The monoisotopic (exact) mass is 215 g/mol. The molecule has 1 rings (SSSR count). The van der Waals surface area contributed by atoms with Crippen molar-refractivity contribution in [1.82, 2.24) is 0 Å². The molecule has 76 valence electrons. The van der Waals surface area contributed by atoms with Gasteiger partial charge >= 0.3 is 0 Å². The average Bonchev–Trinajstić information content (AvgIpc) is 2.18. The van der Waals surface area contributed by atoms with Crippen molar-refractivity contribution in [2.45, 2.75) is 4.90 Å². The lowest BCUT2D eigenvalue weighted by Gasteiger charge is -1.98. The van der Waals surface area contributed by atoms with Gasteiger partial charge < -0.3 is 5.73 Å². The molecule has 2 N–H and O–H groups in total. The van der Waals surface area contributed by atoms with E-state index in [1.807, 2.05) is 12.2 Å². The molecule has 0 aliphatic rings. The van der Waals surface area contributed by atoms with Gasteiger partial charge in [0.25, 0.3) is 0 Å².